The van der Waals surface area contributed by atoms with Gasteiger partial charge in [-0.25, -0.2) is 4.79 Å². The van der Waals surface area contributed by atoms with Crippen LogP contribution in [0.15, 0.2) is 23.8 Å². The number of aliphatic hydroxyl groups is 5. The molecule has 0 spiro atoms. The number of aliphatic hydroxyl groups excluding tert-OH is 4. The maximum atomic E-state index is 11.9. The Hall–Kier alpha value is -1.33. The number of fused-ring (bicyclic) bond motifs is 3. The molecule has 0 aromatic heterocycles. The summed E-state index contributed by atoms with van der Waals surface area (Å²) in [6, 6.07) is 0. The van der Waals surface area contributed by atoms with Crippen molar-refractivity contribution in [1.29, 1.82) is 0 Å². The summed E-state index contributed by atoms with van der Waals surface area (Å²) < 4.78 is 16.8. The van der Waals surface area contributed by atoms with E-state index in [0.29, 0.717) is 12.3 Å². The minimum absolute atomic E-state index is 0.0403. The summed E-state index contributed by atoms with van der Waals surface area (Å²) >= 11 is 0. The lowest BCUT2D eigenvalue weighted by Crippen LogP contribution is -2.60. The fourth-order valence-corrected chi connectivity index (χ4v) is 6.78. The summed E-state index contributed by atoms with van der Waals surface area (Å²) in [5.74, 6) is -1.24. The van der Waals surface area contributed by atoms with Gasteiger partial charge in [-0.15, -0.1) is 0 Å². The third kappa shape index (κ3) is 4.68. The zero-order chi connectivity index (χ0) is 26.6. The summed E-state index contributed by atoms with van der Waals surface area (Å²) in [6.45, 7) is 9.68. The van der Waals surface area contributed by atoms with Gasteiger partial charge < -0.3 is 39.7 Å². The van der Waals surface area contributed by atoms with Crippen molar-refractivity contribution in [2.45, 2.75) is 102 Å². The highest BCUT2D eigenvalue weighted by molar-refractivity contribution is 5.86. The Balaban J connectivity index is 1.42. The van der Waals surface area contributed by atoms with E-state index in [1.807, 2.05) is 20.8 Å². The summed E-state index contributed by atoms with van der Waals surface area (Å²) in [7, 11) is 0. The minimum Gasteiger partial charge on any atom is -0.426 e. The monoisotopic (exact) mass is 510 g/mol. The molecule has 4 rings (SSSR count). The van der Waals surface area contributed by atoms with E-state index in [1.54, 1.807) is 0 Å². The standard InChI is InChI=1S/C27H42O9/c1-14(16-8-9-17-18-12-20(29)35-27(18,33)11-10-26(16,17)5)6-7-15(2)25(3,4)36-24-23(32)22(31)21(30)19(13-28)34-24/h6-7,12,14-17,19,21-24,28,30-33H,8-11,13H2,1-5H3/b7-6+/t14-,15+,16-,17+,19+,21+,22-,23-,24?,26-,27+/m1/s1. The smallest absolute Gasteiger partial charge is 0.333 e. The number of ether oxygens (including phenoxy) is 3. The second-order valence-corrected chi connectivity index (χ2v) is 12.0. The Labute approximate surface area is 212 Å². The molecule has 0 amide bonds. The van der Waals surface area contributed by atoms with Crippen molar-refractivity contribution in [1.82, 2.24) is 0 Å². The van der Waals surface area contributed by atoms with Gasteiger partial charge in [0.15, 0.2) is 6.29 Å². The van der Waals surface area contributed by atoms with E-state index >= 15 is 0 Å². The maximum Gasteiger partial charge on any atom is 0.333 e. The van der Waals surface area contributed by atoms with Gasteiger partial charge in [0.2, 0.25) is 5.79 Å². The Bertz CT molecular complexity index is 898. The first-order valence-electron chi connectivity index (χ1n) is 13.1. The highest BCUT2D eigenvalue weighted by Crippen LogP contribution is 2.62. The van der Waals surface area contributed by atoms with Crippen molar-refractivity contribution < 1.29 is 44.5 Å². The zero-order valence-electron chi connectivity index (χ0n) is 21.8. The van der Waals surface area contributed by atoms with Gasteiger partial charge in [0, 0.05) is 24.0 Å². The third-order valence-corrected chi connectivity index (χ3v) is 9.48. The second-order valence-electron chi connectivity index (χ2n) is 12.0. The first-order valence-corrected chi connectivity index (χ1v) is 13.1. The molecule has 9 heteroatoms. The molecule has 3 fully saturated rings. The van der Waals surface area contributed by atoms with Gasteiger partial charge in [-0.2, -0.15) is 0 Å². The Morgan fingerprint density at radius 2 is 1.83 bits per heavy atom. The molecule has 0 bridgehead atoms. The lowest BCUT2D eigenvalue weighted by Gasteiger charge is -2.47. The molecular formula is C27H42O9. The van der Waals surface area contributed by atoms with Crippen LogP contribution in [0.1, 0.15) is 60.3 Å². The number of hydrogen-bond acceptors (Lipinski definition) is 9. The Morgan fingerprint density at radius 3 is 2.50 bits per heavy atom. The van der Waals surface area contributed by atoms with E-state index in [0.717, 1.165) is 24.8 Å². The molecule has 2 saturated carbocycles. The number of carbonyl (C=O) groups is 1. The van der Waals surface area contributed by atoms with Gasteiger partial charge in [-0.1, -0.05) is 32.9 Å². The molecule has 2 aliphatic carbocycles. The zero-order valence-corrected chi connectivity index (χ0v) is 21.8. The number of hydrogen-bond donors (Lipinski definition) is 5. The van der Waals surface area contributed by atoms with Crippen molar-refractivity contribution in [2.24, 2.45) is 29.1 Å². The molecule has 11 atom stereocenters. The van der Waals surface area contributed by atoms with Crippen LogP contribution in [0.25, 0.3) is 0 Å². The maximum absolute atomic E-state index is 11.9. The van der Waals surface area contributed by atoms with Gasteiger partial charge in [-0.05, 0) is 56.3 Å². The molecule has 1 unspecified atom stereocenters. The molecule has 0 radical (unpaired) electrons. The molecule has 2 heterocycles. The van der Waals surface area contributed by atoms with Crippen LogP contribution in [-0.2, 0) is 19.0 Å². The molecule has 1 saturated heterocycles. The van der Waals surface area contributed by atoms with Gasteiger partial charge in [0.1, 0.15) is 24.4 Å². The summed E-state index contributed by atoms with van der Waals surface area (Å²) in [5, 5.41) is 50.7. The van der Waals surface area contributed by atoms with Gasteiger partial charge in [-0.3, -0.25) is 0 Å². The Morgan fingerprint density at radius 1 is 1.14 bits per heavy atom. The quantitative estimate of drug-likeness (QED) is 0.253. The molecule has 4 aliphatic rings. The van der Waals surface area contributed by atoms with Gasteiger partial charge in [0.25, 0.3) is 0 Å². The van der Waals surface area contributed by atoms with Gasteiger partial charge in [0.05, 0.1) is 12.2 Å². The largest absolute Gasteiger partial charge is 0.426 e. The normalized spacial score (nSPS) is 44.7. The third-order valence-electron chi connectivity index (χ3n) is 9.48. The van der Waals surface area contributed by atoms with E-state index in [1.165, 1.54) is 6.08 Å². The average molecular weight is 511 g/mol. The SMILES string of the molecule is C[C@H](/C=C/[C@H](C)C(C)(C)OC1O[C@@H](CO)[C@H](O)[C@@H](O)[C@H]1O)[C@H]1CC[C@H]2C3=CC(=O)O[C@@]3(O)CC[C@]12C. The number of esters is 1. The predicted molar refractivity (Wildman–Crippen MR) is 129 cm³/mol. The summed E-state index contributed by atoms with van der Waals surface area (Å²) in [6.07, 6.45) is 2.30. The van der Waals surface area contributed by atoms with Crippen LogP contribution in [0, 0.1) is 29.1 Å². The highest BCUT2D eigenvalue weighted by Gasteiger charge is 2.59. The predicted octanol–water partition coefficient (Wildman–Crippen LogP) is 1.41. The summed E-state index contributed by atoms with van der Waals surface area (Å²) in [4.78, 5) is 11.9. The fourth-order valence-electron chi connectivity index (χ4n) is 6.78. The minimum atomic E-state index is -1.48. The molecule has 9 nitrogen and oxygen atoms in total. The summed E-state index contributed by atoms with van der Waals surface area (Å²) in [5.41, 5.74) is -0.0801. The van der Waals surface area contributed by atoms with E-state index < -0.39 is 54.7 Å². The average Bonchev–Trinajstić information content (AvgIpc) is 3.32. The number of carbonyl (C=O) groups excluding carboxylic acids is 1. The molecule has 2 aliphatic heterocycles. The van der Waals surface area contributed by atoms with Crippen molar-refractivity contribution in [3.05, 3.63) is 23.8 Å². The first-order chi connectivity index (χ1) is 16.7. The lowest BCUT2D eigenvalue weighted by atomic mass is 9.60. The highest BCUT2D eigenvalue weighted by atomic mass is 16.7. The topological polar surface area (TPSA) is 146 Å². The molecular weight excluding hydrogens is 468 g/mol. The van der Waals surface area contributed by atoms with E-state index in [4.69, 9.17) is 14.2 Å². The van der Waals surface area contributed by atoms with E-state index in [9.17, 15) is 30.3 Å². The number of allylic oxidation sites excluding steroid dienone is 1. The molecule has 0 aromatic rings. The van der Waals surface area contributed by atoms with Crippen LogP contribution in [0.3, 0.4) is 0 Å². The Kier molecular flexibility index (Phi) is 7.51. The number of rotatable bonds is 7. The lowest BCUT2D eigenvalue weighted by molar-refractivity contribution is -0.326. The molecule has 5 N–H and O–H groups in total. The second kappa shape index (κ2) is 9.76. The van der Waals surface area contributed by atoms with Crippen molar-refractivity contribution in [3.63, 3.8) is 0 Å². The van der Waals surface area contributed by atoms with E-state index in [-0.39, 0.29) is 23.2 Å². The van der Waals surface area contributed by atoms with Crippen LogP contribution in [0.4, 0.5) is 0 Å². The van der Waals surface area contributed by atoms with Gasteiger partial charge >= 0.3 is 5.97 Å². The van der Waals surface area contributed by atoms with Crippen molar-refractivity contribution >= 4 is 5.97 Å². The van der Waals surface area contributed by atoms with Crippen molar-refractivity contribution in [3.8, 4) is 0 Å². The van der Waals surface area contributed by atoms with Crippen LogP contribution in [0.2, 0.25) is 0 Å². The fraction of sp³-hybridized carbons (Fsp3) is 0.815. The molecule has 204 valence electrons. The van der Waals surface area contributed by atoms with E-state index in [2.05, 4.69) is 26.0 Å². The van der Waals surface area contributed by atoms with Crippen LogP contribution >= 0.6 is 0 Å². The first kappa shape index (κ1) is 27.7. The van der Waals surface area contributed by atoms with Crippen LogP contribution in [-0.4, -0.2) is 80.2 Å². The van der Waals surface area contributed by atoms with Crippen LogP contribution < -0.4 is 0 Å². The molecule has 0 aromatic carbocycles. The van der Waals surface area contributed by atoms with Crippen molar-refractivity contribution in [2.75, 3.05) is 6.61 Å². The molecule has 36 heavy (non-hydrogen) atoms. The van der Waals surface area contributed by atoms with Crippen LogP contribution in [0.5, 0.6) is 0 Å².